The molecule has 0 aliphatic rings. The van der Waals surface area contributed by atoms with Crippen LogP contribution in [-0.4, -0.2) is 23.6 Å². The Morgan fingerprint density at radius 2 is 1.60 bits per heavy atom. The first-order chi connectivity index (χ1) is 12.1. The van der Waals surface area contributed by atoms with E-state index >= 15 is 0 Å². The van der Waals surface area contributed by atoms with Crippen molar-refractivity contribution < 1.29 is 9.59 Å². The topological polar surface area (TPSA) is 70.6 Å². The van der Waals surface area contributed by atoms with E-state index in [1.807, 2.05) is 50.2 Å². The molecule has 0 heterocycles. The van der Waals surface area contributed by atoms with E-state index in [4.69, 9.17) is 0 Å². The van der Waals surface area contributed by atoms with Gasteiger partial charge in [0, 0.05) is 17.7 Å². The maximum Gasteiger partial charge on any atom is 0.262 e. The normalized spacial score (nSPS) is 12.3. The van der Waals surface area contributed by atoms with E-state index in [1.54, 1.807) is 24.3 Å². The zero-order chi connectivity index (χ0) is 18.1. The van der Waals surface area contributed by atoms with Crippen LogP contribution in [0.5, 0.6) is 0 Å². The van der Waals surface area contributed by atoms with Gasteiger partial charge in [0.05, 0.1) is 0 Å². The zero-order valence-corrected chi connectivity index (χ0v) is 14.5. The molecule has 2 amide bonds. The van der Waals surface area contributed by atoms with E-state index in [-0.39, 0.29) is 11.8 Å². The molecule has 5 heteroatoms. The van der Waals surface area contributed by atoms with Crippen LogP contribution in [0.3, 0.4) is 0 Å². The zero-order valence-electron chi connectivity index (χ0n) is 14.5. The van der Waals surface area contributed by atoms with Gasteiger partial charge in [0.2, 0.25) is 0 Å². The maximum absolute atomic E-state index is 12.5. The molecule has 0 fully saturated rings. The monoisotopic (exact) mass is 337 g/mol. The lowest BCUT2D eigenvalue weighted by Gasteiger charge is -2.17. The largest absolute Gasteiger partial charge is 0.340 e. The average Bonchev–Trinajstić information content (AvgIpc) is 2.66. The van der Waals surface area contributed by atoms with Gasteiger partial charge < -0.3 is 5.32 Å². The number of carbonyl (C=O) groups excluding carboxylic acids is 2. The molecule has 0 radical (unpaired) electrons. The lowest BCUT2D eigenvalue weighted by Crippen LogP contribution is -2.47. The number of nitrogens with zero attached hydrogens (tertiary/aromatic N) is 1. The van der Waals surface area contributed by atoms with Crippen LogP contribution in [0.2, 0.25) is 0 Å². The Morgan fingerprint density at radius 1 is 1.00 bits per heavy atom. The van der Waals surface area contributed by atoms with Gasteiger partial charge >= 0.3 is 0 Å². The standard InChI is InChI=1S/C20H23N3O2/c1-3-15(2)22-23-20(25)18(14-16-10-6-4-7-11-16)21-19(24)17-12-8-5-9-13-17/h4-13,18H,3,14H2,1-2H3,(H,21,24)(H,23,25)/b22-15-/t18-/m1/s1. The minimum absolute atomic E-state index is 0.284. The van der Waals surface area contributed by atoms with Gasteiger partial charge in [0.1, 0.15) is 6.04 Å². The van der Waals surface area contributed by atoms with Crippen LogP contribution in [0.15, 0.2) is 65.8 Å². The summed E-state index contributed by atoms with van der Waals surface area (Å²) in [6.07, 6.45) is 1.14. The molecular formula is C20H23N3O2. The van der Waals surface area contributed by atoms with Crippen molar-refractivity contribution in [2.75, 3.05) is 0 Å². The van der Waals surface area contributed by atoms with Crippen LogP contribution in [-0.2, 0) is 11.2 Å². The Kier molecular flexibility index (Phi) is 6.89. The fourth-order valence-corrected chi connectivity index (χ4v) is 2.20. The first-order valence-electron chi connectivity index (χ1n) is 8.33. The molecule has 0 saturated carbocycles. The Morgan fingerprint density at radius 3 is 2.20 bits per heavy atom. The second kappa shape index (κ2) is 9.37. The fraction of sp³-hybridized carbons (Fsp3) is 0.250. The SMILES string of the molecule is CC/C(C)=N\NC(=O)[C@@H](Cc1ccccc1)NC(=O)c1ccccc1. The molecular weight excluding hydrogens is 314 g/mol. The van der Waals surface area contributed by atoms with Crippen molar-refractivity contribution in [3.63, 3.8) is 0 Å². The summed E-state index contributed by atoms with van der Waals surface area (Å²) in [4.78, 5) is 24.9. The fourth-order valence-electron chi connectivity index (χ4n) is 2.20. The van der Waals surface area contributed by atoms with Crippen LogP contribution < -0.4 is 10.7 Å². The molecule has 0 aliphatic carbocycles. The Hall–Kier alpha value is -2.95. The predicted octanol–water partition coefficient (Wildman–Crippen LogP) is 2.93. The molecule has 25 heavy (non-hydrogen) atoms. The van der Waals surface area contributed by atoms with Gasteiger partial charge in [-0.2, -0.15) is 5.10 Å². The summed E-state index contributed by atoms with van der Waals surface area (Å²) in [6, 6.07) is 17.7. The number of nitrogens with one attached hydrogen (secondary N) is 2. The Balaban J connectivity index is 2.13. The third-order valence-electron chi connectivity index (χ3n) is 3.81. The van der Waals surface area contributed by atoms with Crippen LogP contribution in [0.1, 0.15) is 36.2 Å². The smallest absolute Gasteiger partial charge is 0.262 e. The van der Waals surface area contributed by atoms with Gasteiger partial charge in [-0.1, -0.05) is 55.5 Å². The van der Waals surface area contributed by atoms with Gasteiger partial charge in [0.15, 0.2) is 0 Å². The quantitative estimate of drug-likeness (QED) is 0.602. The van der Waals surface area contributed by atoms with E-state index < -0.39 is 6.04 Å². The van der Waals surface area contributed by atoms with E-state index in [0.29, 0.717) is 12.0 Å². The summed E-state index contributed by atoms with van der Waals surface area (Å²) in [6.45, 7) is 3.80. The molecule has 0 saturated heterocycles. The minimum Gasteiger partial charge on any atom is -0.340 e. The van der Waals surface area contributed by atoms with Crippen molar-refractivity contribution in [2.24, 2.45) is 5.10 Å². The minimum atomic E-state index is -0.705. The highest BCUT2D eigenvalue weighted by Gasteiger charge is 2.21. The molecule has 2 aromatic carbocycles. The molecule has 2 aromatic rings. The summed E-state index contributed by atoms with van der Waals surface area (Å²) in [7, 11) is 0. The van der Waals surface area contributed by atoms with Crippen LogP contribution in [0.25, 0.3) is 0 Å². The highest BCUT2D eigenvalue weighted by Crippen LogP contribution is 2.06. The highest BCUT2D eigenvalue weighted by atomic mass is 16.2. The third-order valence-corrected chi connectivity index (χ3v) is 3.81. The van der Waals surface area contributed by atoms with Crippen LogP contribution >= 0.6 is 0 Å². The van der Waals surface area contributed by atoms with Gasteiger partial charge in [-0.05, 0) is 31.0 Å². The average molecular weight is 337 g/mol. The molecule has 0 spiro atoms. The van der Waals surface area contributed by atoms with Crippen LogP contribution in [0, 0.1) is 0 Å². The molecule has 130 valence electrons. The van der Waals surface area contributed by atoms with Crippen LogP contribution in [0.4, 0.5) is 0 Å². The number of carbonyl (C=O) groups is 2. The van der Waals surface area contributed by atoms with E-state index in [1.165, 1.54) is 0 Å². The third kappa shape index (κ3) is 5.88. The summed E-state index contributed by atoms with van der Waals surface area (Å²) >= 11 is 0. The predicted molar refractivity (Wildman–Crippen MR) is 99.4 cm³/mol. The summed E-state index contributed by atoms with van der Waals surface area (Å²) < 4.78 is 0. The van der Waals surface area contributed by atoms with Crippen molar-refractivity contribution in [3.05, 3.63) is 71.8 Å². The number of hydrogen-bond donors (Lipinski definition) is 2. The number of hydrogen-bond acceptors (Lipinski definition) is 3. The number of hydrazone groups is 1. The second-order valence-corrected chi connectivity index (χ2v) is 5.76. The maximum atomic E-state index is 12.5. The molecule has 5 nitrogen and oxygen atoms in total. The molecule has 0 aliphatic heterocycles. The Labute approximate surface area is 148 Å². The number of rotatable bonds is 7. The first kappa shape index (κ1) is 18.4. The van der Waals surface area contributed by atoms with Gasteiger partial charge in [-0.3, -0.25) is 9.59 Å². The van der Waals surface area contributed by atoms with Crippen molar-refractivity contribution in [3.8, 4) is 0 Å². The molecule has 0 aromatic heterocycles. The summed E-state index contributed by atoms with van der Waals surface area (Å²) in [5.41, 5.74) is 4.85. The lowest BCUT2D eigenvalue weighted by atomic mass is 10.0. The molecule has 1 atom stereocenters. The molecule has 2 rings (SSSR count). The van der Waals surface area contributed by atoms with Crippen molar-refractivity contribution >= 4 is 17.5 Å². The summed E-state index contributed by atoms with van der Waals surface area (Å²) in [5, 5.41) is 6.85. The van der Waals surface area contributed by atoms with Gasteiger partial charge in [-0.25, -0.2) is 5.43 Å². The number of benzene rings is 2. The number of amides is 2. The summed E-state index contributed by atoms with van der Waals surface area (Å²) in [5.74, 6) is -0.617. The molecule has 0 bridgehead atoms. The van der Waals surface area contributed by atoms with E-state index in [0.717, 1.165) is 17.7 Å². The highest BCUT2D eigenvalue weighted by molar-refractivity contribution is 5.97. The lowest BCUT2D eigenvalue weighted by molar-refractivity contribution is -0.122. The first-order valence-corrected chi connectivity index (χ1v) is 8.33. The van der Waals surface area contributed by atoms with Gasteiger partial charge in [-0.15, -0.1) is 0 Å². The van der Waals surface area contributed by atoms with E-state index in [2.05, 4.69) is 15.8 Å². The molecule has 0 unspecified atom stereocenters. The second-order valence-electron chi connectivity index (χ2n) is 5.76. The van der Waals surface area contributed by atoms with Crippen molar-refractivity contribution in [1.82, 2.24) is 10.7 Å². The van der Waals surface area contributed by atoms with Crippen molar-refractivity contribution in [1.29, 1.82) is 0 Å². The van der Waals surface area contributed by atoms with E-state index in [9.17, 15) is 9.59 Å². The molecule has 2 N–H and O–H groups in total. The van der Waals surface area contributed by atoms with Gasteiger partial charge in [0.25, 0.3) is 11.8 Å². The van der Waals surface area contributed by atoms with Crippen molar-refractivity contribution in [2.45, 2.75) is 32.7 Å². The Bertz CT molecular complexity index is 727.